The molecule has 1 rings (SSSR count). The first-order valence-corrected chi connectivity index (χ1v) is 8.13. The molecule has 1 aliphatic rings. The summed E-state index contributed by atoms with van der Waals surface area (Å²) < 4.78 is 0. The Bertz CT molecular complexity index is 282. The van der Waals surface area contributed by atoms with E-state index in [1.807, 2.05) is 0 Å². The summed E-state index contributed by atoms with van der Waals surface area (Å²) in [6, 6.07) is 0.275. The molecule has 1 heterocycles. The van der Waals surface area contributed by atoms with Crippen molar-refractivity contribution in [2.45, 2.75) is 58.9 Å². The van der Waals surface area contributed by atoms with Crippen molar-refractivity contribution < 1.29 is 9.90 Å². The number of aliphatic hydroxyl groups excluding tert-OH is 1. The highest BCUT2D eigenvalue weighted by molar-refractivity contribution is 5.78. The Labute approximate surface area is 123 Å². The third-order valence-corrected chi connectivity index (χ3v) is 4.10. The maximum Gasteiger partial charge on any atom is 0.234 e. The Morgan fingerprint density at radius 1 is 1.35 bits per heavy atom. The number of carbonyl (C=O) groups excluding carboxylic acids is 1. The van der Waals surface area contributed by atoms with Crippen LogP contribution in [-0.2, 0) is 4.79 Å². The molecule has 1 fully saturated rings. The van der Waals surface area contributed by atoms with Crippen LogP contribution in [0.25, 0.3) is 0 Å². The summed E-state index contributed by atoms with van der Waals surface area (Å²) in [4.78, 5) is 14.2. The Balaban J connectivity index is 2.13. The van der Waals surface area contributed by atoms with Crippen molar-refractivity contribution in [1.29, 1.82) is 0 Å². The van der Waals surface area contributed by atoms with Crippen molar-refractivity contribution in [3.63, 3.8) is 0 Å². The standard InChI is InChI=1S/C16H32N2O2/c1-13(2)5-4-6-14(3)17-16(20)12-18-9-7-15(11-18)8-10-19/h13-15,19H,4-12H2,1-3H3,(H,17,20). The summed E-state index contributed by atoms with van der Waals surface area (Å²) in [6.07, 6.45) is 5.45. The van der Waals surface area contributed by atoms with Gasteiger partial charge >= 0.3 is 0 Å². The molecular weight excluding hydrogens is 252 g/mol. The lowest BCUT2D eigenvalue weighted by molar-refractivity contribution is -0.122. The molecule has 20 heavy (non-hydrogen) atoms. The van der Waals surface area contributed by atoms with Gasteiger partial charge in [-0.3, -0.25) is 9.69 Å². The molecule has 2 unspecified atom stereocenters. The zero-order valence-corrected chi connectivity index (χ0v) is 13.4. The van der Waals surface area contributed by atoms with Gasteiger partial charge in [0.2, 0.25) is 5.91 Å². The van der Waals surface area contributed by atoms with E-state index in [9.17, 15) is 4.79 Å². The Hall–Kier alpha value is -0.610. The van der Waals surface area contributed by atoms with E-state index in [-0.39, 0.29) is 18.6 Å². The van der Waals surface area contributed by atoms with Crippen LogP contribution in [0.2, 0.25) is 0 Å². The quantitative estimate of drug-likeness (QED) is 0.681. The second kappa shape index (κ2) is 9.35. The maximum absolute atomic E-state index is 12.0. The maximum atomic E-state index is 12.0. The zero-order chi connectivity index (χ0) is 15.0. The molecule has 1 saturated heterocycles. The predicted molar refractivity (Wildman–Crippen MR) is 82.5 cm³/mol. The molecule has 0 saturated carbocycles. The fourth-order valence-electron chi connectivity index (χ4n) is 2.90. The van der Waals surface area contributed by atoms with Crippen LogP contribution < -0.4 is 5.32 Å². The second-order valence-corrected chi connectivity index (χ2v) is 6.70. The highest BCUT2D eigenvalue weighted by atomic mass is 16.3. The lowest BCUT2D eigenvalue weighted by atomic mass is 10.0. The molecule has 2 atom stereocenters. The summed E-state index contributed by atoms with van der Waals surface area (Å²) in [5.74, 6) is 1.45. The monoisotopic (exact) mass is 284 g/mol. The summed E-state index contributed by atoms with van der Waals surface area (Å²) in [7, 11) is 0. The molecule has 1 aliphatic heterocycles. The minimum absolute atomic E-state index is 0.145. The fourth-order valence-corrected chi connectivity index (χ4v) is 2.90. The number of carbonyl (C=O) groups is 1. The van der Waals surface area contributed by atoms with Gasteiger partial charge in [0.05, 0.1) is 6.54 Å². The summed E-state index contributed by atoms with van der Waals surface area (Å²) in [6.45, 7) is 9.28. The first kappa shape index (κ1) is 17.4. The van der Waals surface area contributed by atoms with E-state index in [4.69, 9.17) is 5.11 Å². The molecule has 4 heteroatoms. The molecule has 0 aliphatic carbocycles. The molecule has 0 aromatic carbocycles. The van der Waals surface area contributed by atoms with Crippen molar-refractivity contribution in [3.05, 3.63) is 0 Å². The Kier molecular flexibility index (Phi) is 8.15. The van der Waals surface area contributed by atoms with E-state index in [0.29, 0.717) is 12.5 Å². The number of rotatable bonds is 9. The SMILES string of the molecule is CC(C)CCCC(C)NC(=O)CN1CCC(CCO)C1. The van der Waals surface area contributed by atoms with Gasteiger partial charge in [0, 0.05) is 19.2 Å². The van der Waals surface area contributed by atoms with Crippen LogP contribution in [0.3, 0.4) is 0 Å². The lowest BCUT2D eigenvalue weighted by Gasteiger charge is -2.19. The topological polar surface area (TPSA) is 52.6 Å². The number of nitrogens with one attached hydrogen (secondary N) is 1. The lowest BCUT2D eigenvalue weighted by Crippen LogP contribution is -2.40. The van der Waals surface area contributed by atoms with Crippen LogP contribution in [0.1, 0.15) is 52.9 Å². The van der Waals surface area contributed by atoms with Gasteiger partial charge in [-0.2, -0.15) is 0 Å². The summed E-state index contributed by atoms with van der Waals surface area (Å²) in [5.41, 5.74) is 0. The van der Waals surface area contributed by atoms with E-state index in [1.54, 1.807) is 0 Å². The number of hydrogen-bond donors (Lipinski definition) is 2. The van der Waals surface area contributed by atoms with Crippen LogP contribution in [0.15, 0.2) is 0 Å². The fraction of sp³-hybridized carbons (Fsp3) is 0.938. The molecule has 0 aromatic rings. The van der Waals surface area contributed by atoms with Gasteiger partial charge in [-0.1, -0.05) is 26.7 Å². The largest absolute Gasteiger partial charge is 0.396 e. The first-order valence-electron chi connectivity index (χ1n) is 8.13. The number of amides is 1. The number of aliphatic hydroxyl groups is 1. The molecule has 2 N–H and O–H groups in total. The highest BCUT2D eigenvalue weighted by Crippen LogP contribution is 2.18. The smallest absolute Gasteiger partial charge is 0.234 e. The molecule has 0 aromatic heterocycles. The second-order valence-electron chi connectivity index (χ2n) is 6.70. The number of likely N-dealkylation sites (tertiary alicyclic amines) is 1. The van der Waals surface area contributed by atoms with E-state index in [1.165, 1.54) is 12.8 Å². The van der Waals surface area contributed by atoms with Gasteiger partial charge in [0.25, 0.3) is 0 Å². The first-order chi connectivity index (χ1) is 9.51. The number of hydrogen-bond acceptors (Lipinski definition) is 3. The van der Waals surface area contributed by atoms with Gasteiger partial charge < -0.3 is 10.4 Å². The third-order valence-electron chi connectivity index (χ3n) is 4.10. The van der Waals surface area contributed by atoms with Crippen molar-refractivity contribution in [1.82, 2.24) is 10.2 Å². The van der Waals surface area contributed by atoms with Crippen LogP contribution in [-0.4, -0.2) is 48.2 Å². The zero-order valence-electron chi connectivity index (χ0n) is 13.4. The van der Waals surface area contributed by atoms with Crippen molar-refractivity contribution in [2.75, 3.05) is 26.2 Å². The molecule has 4 nitrogen and oxygen atoms in total. The van der Waals surface area contributed by atoms with E-state index in [2.05, 4.69) is 31.0 Å². The van der Waals surface area contributed by atoms with Crippen molar-refractivity contribution >= 4 is 5.91 Å². The summed E-state index contributed by atoms with van der Waals surface area (Å²) >= 11 is 0. The average molecular weight is 284 g/mol. The number of nitrogens with zero attached hydrogens (tertiary/aromatic N) is 1. The molecule has 1 amide bonds. The van der Waals surface area contributed by atoms with Crippen LogP contribution in [0, 0.1) is 11.8 Å². The van der Waals surface area contributed by atoms with Gasteiger partial charge in [0.15, 0.2) is 0 Å². The van der Waals surface area contributed by atoms with E-state index < -0.39 is 0 Å². The highest BCUT2D eigenvalue weighted by Gasteiger charge is 2.23. The van der Waals surface area contributed by atoms with Crippen molar-refractivity contribution in [2.24, 2.45) is 11.8 Å². The molecule has 0 spiro atoms. The van der Waals surface area contributed by atoms with Gasteiger partial charge in [0.1, 0.15) is 0 Å². The van der Waals surface area contributed by atoms with E-state index >= 15 is 0 Å². The van der Waals surface area contributed by atoms with Gasteiger partial charge in [-0.15, -0.1) is 0 Å². The summed E-state index contributed by atoms with van der Waals surface area (Å²) in [5, 5.41) is 12.0. The van der Waals surface area contributed by atoms with Crippen LogP contribution in [0.5, 0.6) is 0 Å². The van der Waals surface area contributed by atoms with Crippen LogP contribution in [0.4, 0.5) is 0 Å². The van der Waals surface area contributed by atoms with Crippen molar-refractivity contribution in [3.8, 4) is 0 Å². The Morgan fingerprint density at radius 2 is 2.10 bits per heavy atom. The molecular formula is C16H32N2O2. The van der Waals surface area contributed by atoms with E-state index in [0.717, 1.165) is 38.3 Å². The predicted octanol–water partition coefficient (Wildman–Crippen LogP) is 2.02. The molecule has 118 valence electrons. The van der Waals surface area contributed by atoms with Gasteiger partial charge in [-0.25, -0.2) is 0 Å². The Morgan fingerprint density at radius 3 is 2.75 bits per heavy atom. The minimum Gasteiger partial charge on any atom is -0.396 e. The van der Waals surface area contributed by atoms with Crippen LogP contribution >= 0.6 is 0 Å². The minimum atomic E-state index is 0.145. The third kappa shape index (κ3) is 7.25. The van der Waals surface area contributed by atoms with Gasteiger partial charge in [-0.05, 0) is 44.6 Å². The normalized spacial score (nSPS) is 21.4. The molecule has 0 bridgehead atoms. The average Bonchev–Trinajstić information content (AvgIpc) is 2.76. The molecule has 0 radical (unpaired) electrons.